The van der Waals surface area contributed by atoms with Crippen LogP contribution in [-0.4, -0.2) is 27.5 Å². The molecule has 0 bridgehead atoms. The van der Waals surface area contributed by atoms with Crippen LogP contribution in [0, 0.1) is 0 Å². The first kappa shape index (κ1) is 17.0. The third kappa shape index (κ3) is 3.71. The van der Waals surface area contributed by atoms with Gasteiger partial charge in [0.25, 0.3) is 5.91 Å². The van der Waals surface area contributed by atoms with Crippen molar-refractivity contribution in [3.8, 4) is 0 Å². The SMILES string of the molecule is O=C(Nc1n[nH]c2c1CCN(Cc1ccccc1)C2)c1ccc(Br)cc1. The first-order chi connectivity index (χ1) is 12.7. The fourth-order valence-corrected chi connectivity index (χ4v) is 3.50. The first-order valence-electron chi connectivity index (χ1n) is 8.58. The van der Waals surface area contributed by atoms with Gasteiger partial charge in [0.15, 0.2) is 5.82 Å². The molecule has 0 unspecified atom stereocenters. The number of hydrogen-bond acceptors (Lipinski definition) is 3. The third-order valence-corrected chi connectivity index (χ3v) is 5.13. The number of halogens is 1. The molecule has 2 aromatic carbocycles. The Bertz CT molecular complexity index is 905. The number of aromatic amines is 1. The first-order valence-corrected chi connectivity index (χ1v) is 9.37. The predicted molar refractivity (Wildman–Crippen MR) is 105 cm³/mol. The van der Waals surface area contributed by atoms with E-state index in [1.165, 1.54) is 5.56 Å². The van der Waals surface area contributed by atoms with Crippen molar-refractivity contribution in [3.05, 3.63) is 81.5 Å². The molecule has 6 heteroatoms. The number of nitrogens with zero attached hydrogens (tertiary/aromatic N) is 2. The lowest BCUT2D eigenvalue weighted by atomic mass is 10.1. The number of H-pyrrole nitrogens is 1. The van der Waals surface area contributed by atoms with Crippen LogP contribution < -0.4 is 5.32 Å². The maximum Gasteiger partial charge on any atom is 0.256 e. The van der Waals surface area contributed by atoms with Crippen LogP contribution in [0.5, 0.6) is 0 Å². The predicted octanol–water partition coefficient (Wildman–Crippen LogP) is 3.98. The molecule has 0 aliphatic carbocycles. The highest BCUT2D eigenvalue weighted by molar-refractivity contribution is 9.10. The Kier molecular flexibility index (Phi) is 4.86. The van der Waals surface area contributed by atoms with E-state index in [1.807, 2.05) is 18.2 Å². The number of anilines is 1. The topological polar surface area (TPSA) is 61.0 Å². The number of hydrogen-bond donors (Lipinski definition) is 2. The number of carbonyl (C=O) groups excluding carboxylic acids is 1. The van der Waals surface area contributed by atoms with Gasteiger partial charge in [0.2, 0.25) is 0 Å². The van der Waals surface area contributed by atoms with E-state index in [1.54, 1.807) is 12.1 Å². The zero-order valence-corrected chi connectivity index (χ0v) is 15.8. The second kappa shape index (κ2) is 7.43. The van der Waals surface area contributed by atoms with Gasteiger partial charge >= 0.3 is 0 Å². The van der Waals surface area contributed by atoms with Crippen molar-refractivity contribution in [1.82, 2.24) is 15.1 Å². The second-order valence-electron chi connectivity index (χ2n) is 6.44. The highest BCUT2D eigenvalue weighted by atomic mass is 79.9. The van der Waals surface area contributed by atoms with Crippen molar-refractivity contribution in [2.24, 2.45) is 0 Å². The van der Waals surface area contributed by atoms with Gasteiger partial charge in [-0.2, -0.15) is 5.10 Å². The van der Waals surface area contributed by atoms with E-state index in [0.717, 1.165) is 41.8 Å². The van der Waals surface area contributed by atoms with Crippen LogP contribution in [0.2, 0.25) is 0 Å². The molecule has 1 aliphatic rings. The Morgan fingerprint density at radius 1 is 1.15 bits per heavy atom. The number of nitrogens with one attached hydrogen (secondary N) is 2. The van der Waals surface area contributed by atoms with Crippen LogP contribution in [0.25, 0.3) is 0 Å². The van der Waals surface area contributed by atoms with Gasteiger partial charge in [-0.1, -0.05) is 46.3 Å². The van der Waals surface area contributed by atoms with Crippen LogP contribution in [0.4, 0.5) is 5.82 Å². The van der Waals surface area contributed by atoms with E-state index in [0.29, 0.717) is 11.4 Å². The Balaban J connectivity index is 1.44. The standard InChI is InChI=1S/C20H19BrN4O/c21-16-8-6-15(7-9-16)20(26)22-19-17-10-11-25(13-18(17)23-24-19)12-14-4-2-1-3-5-14/h1-9H,10-13H2,(H2,22,23,24,26). The molecule has 0 radical (unpaired) electrons. The smallest absolute Gasteiger partial charge is 0.256 e. The lowest BCUT2D eigenvalue weighted by Crippen LogP contribution is -2.30. The van der Waals surface area contributed by atoms with Gasteiger partial charge in [0.05, 0.1) is 5.69 Å². The van der Waals surface area contributed by atoms with Crippen LogP contribution >= 0.6 is 15.9 Å². The average molecular weight is 411 g/mol. The van der Waals surface area contributed by atoms with Crippen molar-refractivity contribution in [3.63, 3.8) is 0 Å². The van der Waals surface area contributed by atoms with Crippen LogP contribution in [0.15, 0.2) is 59.1 Å². The minimum atomic E-state index is -0.140. The van der Waals surface area contributed by atoms with Crippen molar-refractivity contribution in [2.75, 3.05) is 11.9 Å². The van der Waals surface area contributed by atoms with E-state index in [2.05, 4.69) is 60.6 Å². The van der Waals surface area contributed by atoms with Crippen LogP contribution in [-0.2, 0) is 19.5 Å². The number of aromatic nitrogens is 2. The fraction of sp³-hybridized carbons (Fsp3) is 0.200. The lowest BCUT2D eigenvalue weighted by molar-refractivity contribution is 0.102. The maximum absolute atomic E-state index is 12.4. The maximum atomic E-state index is 12.4. The number of benzene rings is 2. The number of carbonyl (C=O) groups is 1. The summed E-state index contributed by atoms with van der Waals surface area (Å²) in [6.07, 6.45) is 0.870. The molecule has 132 valence electrons. The number of rotatable bonds is 4. The molecule has 0 fully saturated rings. The fourth-order valence-electron chi connectivity index (χ4n) is 3.23. The molecule has 3 aromatic rings. The highest BCUT2D eigenvalue weighted by Crippen LogP contribution is 2.25. The summed E-state index contributed by atoms with van der Waals surface area (Å²) >= 11 is 3.38. The zero-order chi connectivity index (χ0) is 17.9. The Morgan fingerprint density at radius 2 is 1.92 bits per heavy atom. The van der Waals surface area contributed by atoms with Gasteiger partial charge in [-0.05, 0) is 36.2 Å². The molecule has 26 heavy (non-hydrogen) atoms. The van der Waals surface area contributed by atoms with E-state index in [4.69, 9.17) is 0 Å². The van der Waals surface area contributed by atoms with Gasteiger partial charge < -0.3 is 5.32 Å². The summed E-state index contributed by atoms with van der Waals surface area (Å²) < 4.78 is 0.949. The largest absolute Gasteiger partial charge is 0.305 e. The molecule has 1 aliphatic heterocycles. The van der Waals surface area contributed by atoms with Gasteiger partial charge in [-0.15, -0.1) is 0 Å². The molecule has 0 saturated carbocycles. The average Bonchev–Trinajstić information content (AvgIpc) is 3.05. The Morgan fingerprint density at radius 3 is 2.69 bits per heavy atom. The summed E-state index contributed by atoms with van der Waals surface area (Å²) in [6.45, 7) is 2.67. The van der Waals surface area contributed by atoms with Crippen LogP contribution in [0.1, 0.15) is 27.2 Å². The summed E-state index contributed by atoms with van der Waals surface area (Å²) in [4.78, 5) is 14.8. The molecular weight excluding hydrogens is 392 g/mol. The van der Waals surface area contributed by atoms with Gasteiger partial charge in [-0.25, -0.2) is 0 Å². The van der Waals surface area contributed by atoms with Crippen molar-refractivity contribution in [1.29, 1.82) is 0 Å². The Hall–Kier alpha value is -2.44. The quantitative estimate of drug-likeness (QED) is 0.683. The molecule has 0 spiro atoms. The summed E-state index contributed by atoms with van der Waals surface area (Å²) in [5.74, 6) is 0.505. The number of amides is 1. The molecule has 1 amide bonds. The number of fused-ring (bicyclic) bond motifs is 1. The molecule has 4 rings (SSSR count). The summed E-state index contributed by atoms with van der Waals surface area (Å²) in [5, 5.41) is 10.4. The molecule has 5 nitrogen and oxygen atoms in total. The third-order valence-electron chi connectivity index (χ3n) is 4.60. The molecular formula is C20H19BrN4O. The summed E-state index contributed by atoms with van der Waals surface area (Å²) in [5.41, 5.74) is 4.11. The molecule has 0 atom stereocenters. The van der Waals surface area contributed by atoms with E-state index in [9.17, 15) is 4.79 Å². The van der Waals surface area contributed by atoms with E-state index >= 15 is 0 Å². The van der Waals surface area contributed by atoms with Gasteiger partial charge in [-0.3, -0.25) is 14.8 Å². The minimum Gasteiger partial charge on any atom is -0.305 e. The lowest BCUT2D eigenvalue weighted by Gasteiger charge is -2.26. The zero-order valence-electron chi connectivity index (χ0n) is 14.2. The second-order valence-corrected chi connectivity index (χ2v) is 7.35. The minimum absolute atomic E-state index is 0.140. The Labute approximate surface area is 160 Å². The van der Waals surface area contributed by atoms with Crippen molar-refractivity contribution < 1.29 is 4.79 Å². The molecule has 1 aromatic heterocycles. The van der Waals surface area contributed by atoms with Crippen molar-refractivity contribution >= 4 is 27.7 Å². The van der Waals surface area contributed by atoms with E-state index < -0.39 is 0 Å². The van der Waals surface area contributed by atoms with E-state index in [-0.39, 0.29) is 5.91 Å². The van der Waals surface area contributed by atoms with Gasteiger partial charge in [0, 0.05) is 35.2 Å². The van der Waals surface area contributed by atoms with Gasteiger partial charge in [0.1, 0.15) is 0 Å². The molecule has 2 heterocycles. The summed E-state index contributed by atoms with van der Waals surface area (Å²) in [7, 11) is 0. The molecule has 2 N–H and O–H groups in total. The monoisotopic (exact) mass is 410 g/mol. The van der Waals surface area contributed by atoms with Crippen LogP contribution in [0.3, 0.4) is 0 Å². The summed E-state index contributed by atoms with van der Waals surface area (Å²) in [6, 6.07) is 17.8. The highest BCUT2D eigenvalue weighted by Gasteiger charge is 2.23. The van der Waals surface area contributed by atoms with Crippen molar-refractivity contribution in [2.45, 2.75) is 19.5 Å². The molecule has 0 saturated heterocycles. The normalized spacial score (nSPS) is 14.0.